The molecule has 0 bridgehead atoms. The molecule has 0 saturated heterocycles. The maximum atomic E-state index is 6.02. The molecule has 4 atom stereocenters. The first-order valence-corrected chi connectivity index (χ1v) is 24.9. The zero-order valence-corrected chi connectivity index (χ0v) is 34.7. The molecule has 16 heteroatoms. The summed E-state index contributed by atoms with van der Waals surface area (Å²) in [6.07, 6.45) is 1.36. The molecule has 0 aliphatic rings. The molecule has 0 amide bonds. The second-order valence-corrected chi connectivity index (χ2v) is 20.8. The van der Waals surface area contributed by atoms with Crippen molar-refractivity contribution in [2.75, 3.05) is 52.2 Å². The summed E-state index contributed by atoms with van der Waals surface area (Å²) in [6, 6.07) is 18.8. The van der Waals surface area contributed by atoms with E-state index in [1.807, 2.05) is 77.8 Å². The van der Waals surface area contributed by atoms with Gasteiger partial charge >= 0.3 is 0 Å². The third kappa shape index (κ3) is 14.8. The first-order chi connectivity index (χ1) is 23.6. The number of hydrogen-bond donors (Lipinski definition) is 0. The molecule has 8 nitrogen and oxygen atoms in total. The van der Waals surface area contributed by atoms with Crippen LogP contribution < -0.4 is 0 Å². The van der Waals surface area contributed by atoms with E-state index < -0.39 is 0 Å². The number of para-hydroxylation sites is 2. The number of benzene rings is 2. The number of thiazole rings is 2. The summed E-state index contributed by atoms with van der Waals surface area (Å²) < 4.78 is 35.9. The van der Waals surface area contributed by atoms with Gasteiger partial charge in [-0.1, -0.05) is 45.9 Å². The van der Waals surface area contributed by atoms with Crippen LogP contribution in [0.2, 0.25) is 12.1 Å². The molecule has 0 aliphatic carbocycles. The second kappa shape index (κ2) is 24.1. The van der Waals surface area contributed by atoms with Gasteiger partial charge in [0.2, 0.25) is 19.5 Å². The van der Waals surface area contributed by atoms with Gasteiger partial charge in [-0.2, -0.15) is 0 Å². The lowest BCUT2D eigenvalue weighted by Crippen LogP contribution is -2.13. The van der Waals surface area contributed by atoms with Gasteiger partial charge in [0.25, 0.3) is 0 Å². The lowest BCUT2D eigenvalue weighted by atomic mass is 10.2. The van der Waals surface area contributed by atoms with Gasteiger partial charge in [-0.05, 0) is 82.7 Å². The summed E-state index contributed by atoms with van der Waals surface area (Å²) in [5, 5.41) is 2.40. The molecule has 2 heterocycles. The van der Waals surface area contributed by atoms with Crippen LogP contribution in [0.1, 0.15) is 48.5 Å². The minimum Gasteiger partial charge on any atom is -0.417 e. The lowest BCUT2D eigenvalue weighted by molar-refractivity contribution is -0.112. The zero-order valence-electron chi connectivity index (χ0n) is 27.8. The van der Waals surface area contributed by atoms with Gasteiger partial charge in [-0.3, -0.25) is 0 Å². The van der Waals surface area contributed by atoms with Crippen LogP contribution in [0, 0.1) is 0 Å². The Kier molecular flexibility index (Phi) is 20.4. The van der Waals surface area contributed by atoms with E-state index in [1.165, 1.54) is 19.4 Å². The number of ether oxygens (including phenoxy) is 4. The quantitative estimate of drug-likeness (QED) is 0.0250. The maximum Gasteiger partial charge on any atom is 0.230 e. The predicted octanol–water partition coefficient (Wildman–Crippen LogP) is 9.36. The second-order valence-electron chi connectivity index (χ2n) is 10.6. The van der Waals surface area contributed by atoms with Crippen LogP contribution in [0.15, 0.2) is 48.5 Å². The minimum atomic E-state index is -0.180. The third-order valence-corrected chi connectivity index (χ3v) is 18.1. The Morgan fingerprint density at radius 2 is 1.08 bits per heavy atom. The molecule has 4 aromatic rings. The number of nitrogens with zero attached hydrogens (tertiary/aromatic N) is 2. The predicted molar refractivity (Wildman–Crippen MR) is 212 cm³/mol. The van der Waals surface area contributed by atoms with Crippen molar-refractivity contribution in [3.8, 4) is 0 Å². The van der Waals surface area contributed by atoms with Gasteiger partial charge < -0.3 is 27.8 Å². The molecule has 4 unspecified atom stereocenters. The Hall–Kier alpha value is -0.186. The van der Waals surface area contributed by atoms with E-state index in [4.69, 9.17) is 37.8 Å². The molecule has 0 aliphatic heterocycles. The molecule has 48 heavy (non-hydrogen) atoms. The van der Waals surface area contributed by atoms with Crippen molar-refractivity contribution in [1.82, 2.24) is 9.97 Å². The fourth-order valence-electron chi connectivity index (χ4n) is 4.18. The highest BCUT2D eigenvalue weighted by Crippen LogP contribution is 2.47. The van der Waals surface area contributed by atoms with E-state index in [9.17, 15) is 0 Å². The number of aromatic nitrogens is 2. The summed E-state index contributed by atoms with van der Waals surface area (Å²) in [5.74, 6) is 2.69. The highest BCUT2D eigenvalue weighted by molar-refractivity contribution is 9.26. The molecule has 2 aromatic heterocycles. The van der Waals surface area contributed by atoms with Gasteiger partial charge in [-0.15, -0.1) is 22.7 Å². The van der Waals surface area contributed by atoms with Gasteiger partial charge in [0, 0.05) is 50.8 Å². The maximum absolute atomic E-state index is 6.02. The Morgan fingerprint density at radius 1 is 0.646 bits per heavy atom. The molecule has 4 rings (SSSR count). The number of fused-ring (bicyclic) bond motifs is 2. The molecule has 4 radical (unpaired) electrons. The molecule has 2 aromatic carbocycles. The van der Waals surface area contributed by atoms with Gasteiger partial charge in [0.1, 0.15) is 0 Å². The topological polar surface area (TPSA) is 81.2 Å². The Balaban J connectivity index is 1.21. The number of hydrogen-bond acceptors (Lipinski definition) is 14. The molecular formula is C32H44N2O6S6Si2. The minimum absolute atomic E-state index is 0.180. The number of rotatable bonds is 27. The average Bonchev–Trinajstić information content (AvgIpc) is 3.74. The fraction of sp³-hybridized carbons (Fsp3) is 0.562. The monoisotopic (exact) mass is 800 g/mol. The third-order valence-electron chi connectivity index (χ3n) is 7.00. The van der Waals surface area contributed by atoms with Crippen molar-refractivity contribution >= 4 is 104 Å². The summed E-state index contributed by atoms with van der Waals surface area (Å²) in [7, 11) is 11.7. The molecule has 0 fully saturated rings. The molecule has 0 N–H and O–H groups in total. The molecule has 0 spiro atoms. The van der Waals surface area contributed by atoms with Crippen molar-refractivity contribution in [2.24, 2.45) is 0 Å². The van der Waals surface area contributed by atoms with E-state index in [-0.39, 0.29) is 12.6 Å². The van der Waals surface area contributed by atoms with Gasteiger partial charge in [0.05, 0.1) is 43.7 Å². The van der Waals surface area contributed by atoms with Crippen LogP contribution in [0.4, 0.5) is 0 Å². The van der Waals surface area contributed by atoms with Gasteiger partial charge in [0.15, 0.2) is 12.6 Å². The van der Waals surface area contributed by atoms with Crippen molar-refractivity contribution in [3.63, 3.8) is 0 Å². The Labute approximate surface area is 313 Å². The van der Waals surface area contributed by atoms with Crippen molar-refractivity contribution in [2.45, 2.75) is 63.2 Å². The fourth-order valence-corrected chi connectivity index (χ4v) is 15.6. The van der Waals surface area contributed by atoms with Crippen molar-refractivity contribution < 1.29 is 27.8 Å². The zero-order chi connectivity index (χ0) is 33.8. The first-order valence-electron chi connectivity index (χ1n) is 15.8. The Bertz CT molecular complexity index is 1270. The van der Waals surface area contributed by atoms with E-state index >= 15 is 0 Å². The molecular weight excluding hydrogens is 757 g/mol. The van der Waals surface area contributed by atoms with Crippen LogP contribution >= 0.6 is 63.9 Å². The van der Waals surface area contributed by atoms with Crippen LogP contribution in [-0.2, 0) is 27.8 Å². The average molecular weight is 801 g/mol. The van der Waals surface area contributed by atoms with Crippen LogP contribution in [0.3, 0.4) is 0 Å². The van der Waals surface area contributed by atoms with E-state index in [2.05, 4.69) is 48.5 Å². The van der Waals surface area contributed by atoms with Crippen LogP contribution in [-0.4, -0.2) is 94.2 Å². The summed E-state index contributed by atoms with van der Waals surface area (Å²) >= 11 is 3.62. The number of methoxy groups -OCH3 is 2. The van der Waals surface area contributed by atoms with Crippen molar-refractivity contribution in [3.05, 3.63) is 58.5 Å². The van der Waals surface area contributed by atoms with E-state index in [1.54, 1.807) is 14.2 Å². The highest BCUT2D eigenvalue weighted by Gasteiger charge is 2.20. The smallest absolute Gasteiger partial charge is 0.230 e. The highest BCUT2D eigenvalue weighted by atomic mass is 33.7. The van der Waals surface area contributed by atoms with Crippen LogP contribution in [0.5, 0.6) is 0 Å². The van der Waals surface area contributed by atoms with Crippen LogP contribution in [0.25, 0.3) is 20.4 Å². The summed E-state index contributed by atoms with van der Waals surface area (Å²) in [6.45, 7) is 6.47. The van der Waals surface area contributed by atoms with Gasteiger partial charge in [-0.25, -0.2) is 9.97 Å². The van der Waals surface area contributed by atoms with Crippen molar-refractivity contribution in [1.29, 1.82) is 0 Å². The van der Waals surface area contributed by atoms with E-state index in [0.717, 1.165) is 47.5 Å². The largest absolute Gasteiger partial charge is 0.417 e. The lowest BCUT2D eigenvalue weighted by Gasteiger charge is -2.14. The normalized spacial score (nSPS) is 14.5. The summed E-state index contributed by atoms with van der Waals surface area (Å²) in [5.41, 5.74) is 2.16. The first kappa shape index (κ1) is 40.6. The Morgan fingerprint density at radius 3 is 1.50 bits per heavy atom. The molecule has 262 valence electrons. The standard InChI is InChI=1S/C32H44N2O6S6Si2/c1-23(35-3)37-15-9-17-39-47-21-25(31-33-27-11-5-7-13-29(27)43-31)19-41-45-46-42-20-26(22-48-40-18-10-16-38-24(2)36-4)32-34-28-12-6-8-14-30(28)44-32/h5-8,11-14,23-26H,9-10,15-22H2,1-4H3. The summed E-state index contributed by atoms with van der Waals surface area (Å²) in [4.78, 5) is 9.99. The SMILES string of the molecule is COC(C)OCCCO[Si]CC(CSSSSCC(C[Si]OCCCOC(C)OC)c1nc2ccccc2s1)c1nc2ccccc2s1. The molecule has 0 saturated carbocycles. The van der Waals surface area contributed by atoms with E-state index in [0.29, 0.717) is 57.8 Å².